The Morgan fingerprint density at radius 2 is 1.47 bits per heavy atom. The van der Waals surface area contributed by atoms with Crippen molar-refractivity contribution in [3.63, 3.8) is 0 Å². The Labute approximate surface area is 106 Å². The van der Waals surface area contributed by atoms with Crippen molar-refractivity contribution in [2.24, 2.45) is 0 Å². The van der Waals surface area contributed by atoms with E-state index < -0.39 is 30.1 Å². The summed E-state index contributed by atoms with van der Waals surface area (Å²) in [5.41, 5.74) is 0.220. The van der Waals surface area contributed by atoms with E-state index >= 15 is 0 Å². The Morgan fingerprint density at radius 1 is 1.00 bits per heavy atom. The molecule has 104 valence electrons. The third-order valence-electron chi connectivity index (χ3n) is 1.71. The van der Waals surface area contributed by atoms with Crippen molar-refractivity contribution in [1.29, 1.82) is 0 Å². The van der Waals surface area contributed by atoms with Gasteiger partial charge in [-0.1, -0.05) is 0 Å². The minimum atomic E-state index is -2.27. The summed E-state index contributed by atoms with van der Waals surface area (Å²) >= 11 is 0. The summed E-state index contributed by atoms with van der Waals surface area (Å²) in [6.45, 7) is 0. The fourth-order valence-electron chi connectivity index (χ4n) is 0.759. The van der Waals surface area contributed by atoms with Crippen molar-refractivity contribution in [2.75, 3.05) is 0 Å². The van der Waals surface area contributed by atoms with Crippen LogP contribution in [0.15, 0.2) is 24.5 Å². The first-order valence-corrected chi connectivity index (χ1v) is 4.72. The summed E-state index contributed by atoms with van der Waals surface area (Å²) < 4.78 is 0. The molecule has 19 heavy (non-hydrogen) atoms. The van der Waals surface area contributed by atoms with Crippen molar-refractivity contribution >= 4 is 17.9 Å². The maximum absolute atomic E-state index is 10.2. The Kier molecular flexibility index (Phi) is 6.71. The average molecular weight is 273 g/mol. The monoisotopic (exact) mass is 273 g/mol. The molecule has 1 rings (SSSR count). The van der Waals surface area contributed by atoms with E-state index in [2.05, 4.69) is 4.98 Å². The minimum absolute atomic E-state index is 0.220. The number of hydrogen-bond donors (Lipinski definition) is 5. The number of aromatic carboxylic acids is 1. The minimum Gasteiger partial charge on any atom is -0.479 e. The molecule has 0 aliphatic heterocycles. The molecule has 1 aromatic heterocycles. The van der Waals surface area contributed by atoms with Crippen LogP contribution in [0, 0.1) is 0 Å². The SMILES string of the molecule is O=C(O)C(O)C(O)C(=O)O.O=C(O)c1cccnc1. The zero-order valence-electron chi connectivity index (χ0n) is 9.37. The molecule has 2 unspecified atom stereocenters. The van der Waals surface area contributed by atoms with Gasteiger partial charge in [-0.15, -0.1) is 0 Å². The number of carboxylic acid groups (broad SMARTS) is 3. The van der Waals surface area contributed by atoms with Gasteiger partial charge in [-0.2, -0.15) is 0 Å². The highest BCUT2D eigenvalue weighted by atomic mass is 16.4. The zero-order valence-corrected chi connectivity index (χ0v) is 9.37. The first-order chi connectivity index (χ1) is 8.77. The molecule has 9 nitrogen and oxygen atoms in total. The Balaban J connectivity index is 0.000000342. The lowest BCUT2D eigenvalue weighted by Gasteiger charge is -2.07. The number of aliphatic carboxylic acids is 2. The van der Waals surface area contributed by atoms with E-state index in [9.17, 15) is 14.4 Å². The molecule has 2 atom stereocenters. The second-order valence-corrected chi connectivity index (χ2v) is 3.11. The lowest BCUT2D eigenvalue weighted by Crippen LogP contribution is -2.39. The van der Waals surface area contributed by atoms with Gasteiger partial charge in [0, 0.05) is 12.4 Å². The molecular weight excluding hydrogens is 262 g/mol. The molecule has 0 saturated carbocycles. The first-order valence-electron chi connectivity index (χ1n) is 4.72. The van der Waals surface area contributed by atoms with Crippen LogP contribution in [-0.2, 0) is 9.59 Å². The number of nitrogens with zero attached hydrogens (tertiary/aromatic N) is 1. The van der Waals surface area contributed by atoms with Crippen molar-refractivity contribution < 1.29 is 39.9 Å². The standard InChI is InChI=1S/C6H5NO2.C4H6O6/c8-6(9)5-2-1-3-7-4-5;5-1(3(7)8)2(6)4(9)10/h1-4H,(H,8,9);1-2,5-6H,(H,7,8)(H,9,10). The molecule has 1 heterocycles. The second kappa shape index (κ2) is 7.74. The number of hydrogen-bond acceptors (Lipinski definition) is 6. The zero-order chi connectivity index (χ0) is 15.0. The van der Waals surface area contributed by atoms with Crippen LogP contribution in [-0.4, -0.2) is 60.6 Å². The summed E-state index contributed by atoms with van der Waals surface area (Å²) in [4.78, 5) is 33.3. The third-order valence-corrected chi connectivity index (χ3v) is 1.71. The van der Waals surface area contributed by atoms with Gasteiger partial charge in [-0.25, -0.2) is 14.4 Å². The topological polar surface area (TPSA) is 165 Å². The fourth-order valence-corrected chi connectivity index (χ4v) is 0.759. The summed E-state index contributed by atoms with van der Waals surface area (Å²) in [7, 11) is 0. The van der Waals surface area contributed by atoms with Gasteiger partial charge in [0.05, 0.1) is 5.56 Å². The number of aliphatic hydroxyl groups is 2. The second-order valence-electron chi connectivity index (χ2n) is 3.11. The molecule has 0 aromatic carbocycles. The maximum atomic E-state index is 10.2. The Bertz CT molecular complexity index is 428. The molecule has 0 aliphatic carbocycles. The lowest BCUT2D eigenvalue weighted by molar-refractivity contribution is -0.165. The smallest absolute Gasteiger partial charge is 0.337 e. The molecule has 1 aromatic rings. The van der Waals surface area contributed by atoms with E-state index in [4.69, 9.17) is 25.5 Å². The van der Waals surface area contributed by atoms with Gasteiger partial charge in [-0.05, 0) is 12.1 Å². The van der Waals surface area contributed by atoms with Gasteiger partial charge in [0.15, 0.2) is 12.2 Å². The van der Waals surface area contributed by atoms with Crippen LogP contribution in [0.2, 0.25) is 0 Å². The van der Waals surface area contributed by atoms with Gasteiger partial charge >= 0.3 is 17.9 Å². The molecule has 5 N–H and O–H groups in total. The van der Waals surface area contributed by atoms with Crippen LogP contribution in [0.25, 0.3) is 0 Å². The van der Waals surface area contributed by atoms with Crippen LogP contribution < -0.4 is 0 Å². The van der Waals surface area contributed by atoms with Crippen LogP contribution in [0.5, 0.6) is 0 Å². The van der Waals surface area contributed by atoms with Crippen LogP contribution in [0.3, 0.4) is 0 Å². The molecule has 0 aliphatic rings. The molecule has 0 bridgehead atoms. The molecule has 9 heteroatoms. The summed E-state index contributed by atoms with van der Waals surface area (Å²) in [5, 5.41) is 40.9. The van der Waals surface area contributed by atoms with Gasteiger partial charge in [-0.3, -0.25) is 4.98 Å². The molecular formula is C10H11NO8. The van der Waals surface area contributed by atoms with Gasteiger partial charge in [0.2, 0.25) is 0 Å². The predicted molar refractivity (Wildman–Crippen MR) is 58.5 cm³/mol. The Morgan fingerprint density at radius 3 is 1.68 bits per heavy atom. The van der Waals surface area contributed by atoms with E-state index in [1.54, 1.807) is 6.07 Å². The Hall–Kier alpha value is -2.52. The van der Waals surface area contributed by atoms with Crippen LogP contribution in [0.4, 0.5) is 0 Å². The molecule has 0 spiro atoms. The van der Waals surface area contributed by atoms with Crippen LogP contribution >= 0.6 is 0 Å². The van der Waals surface area contributed by atoms with Crippen molar-refractivity contribution in [1.82, 2.24) is 4.98 Å². The number of pyridine rings is 1. The van der Waals surface area contributed by atoms with Crippen molar-refractivity contribution in [3.8, 4) is 0 Å². The number of rotatable bonds is 4. The number of carboxylic acids is 3. The number of carbonyl (C=O) groups is 3. The maximum Gasteiger partial charge on any atom is 0.337 e. The van der Waals surface area contributed by atoms with Crippen LogP contribution in [0.1, 0.15) is 10.4 Å². The molecule has 0 saturated heterocycles. The van der Waals surface area contributed by atoms with E-state index in [-0.39, 0.29) is 5.56 Å². The lowest BCUT2D eigenvalue weighted by atomic mass is 10.2. The highest BCUT2D eigenvalue weighted by Gasteiger charge is 2.29. The normalized spacial score (nSPS) is 12.5. The number of aromatic nitrogens is 1. The van der Waals surface area contributed by atoms with Gasteiger partial charge in [0.25, 0.3) is 0 Å². The number of aliphatic hydroxyl groups excluding tert-OH is 2. The van der Waals surface area contributed by atoms with Gasteiger partial charge in [0.1, 0.15) is 0 Å². The van der Waals surface area contributed by atoms with E-state index in [0.29, 0.717) is 0 Å². The predicted octanol–water partition coefficient (Wildman–Crippen LogP) is -1.34. The highest BCUT2D eigenvalue weighted by Crippen LogP contribution is 1.93. The molecule has 0 amide bonds. The third kappa shape index (κ3) is 6.10. The van der Waals surface area contributed by atoms with E-state index in [1.807, 2.05) is 0 Å². The first kappa shape index (κ1) is 16.5. The molecule has 0 radical (unpaired) electrons. The van der Waals surface area contributed by atoms with Crippen molar-refractivity contribution in [3.05, 3.63) is 30.1 Å². The quantitative estimate of drug-likeness (QED) is 0.446. The average Bonchev–Trinajstić information content (AvgIpc) is 2.38. The largest absolute Gasteiger partial charge is 0.479 e. The highest BCUT2D eigenvalue weighted by molar-refractivity contribution is 5.87. The van der Waals surface area contributed by atoms with Gasteiger partial charge < -0.3 is 25.5 Å². The van der Waals surface area contributed by atoms with Crippen molar-refractivity contribution in [2.45, 2.75) is 12.2 Å². The van der Waals surface area contributed by atoms with E-state index in [0.717, 1.165) is 0 Å². The molecule has 0 fully saturated rings. The summed E-state index contributed by atoms with van der Waals surface area (Å²) in [5.74, 6) is -4.48. The van der Waals surface area contributed by atoms with E-state index in [1.165, 1.54) is 18.5 Å². The fraction of sp³-hybridized carbons (Fsp3) is 0.200. The summed E-state index contributed by atoms with van der Waals surface area (Å²) in [6, 6.07) is 3.08. The summed E-state index contributed by atoms with van der Waals surface area (Å²) in [6.07, 6.45) is -1.69.